The fourth-order valence-corrected chi connectivity index (χ4v) is 3.20. The normalized spacial score (nSPS) is 10.8. The molecule has 3 rings (SSSR count). The first kappa shape index (κ1) is 17.9. The first-order valence-corrected chi connectivity index (χ1v) is 9.16. The van der Waals surface area contributed by atoms with Crippen LogP contribution in [0.25, 0.3) is 10.9 Å². The van der Waals surface area contributed by atoms with E-state index in [0.29, 0.717) is 12.1 Å². The number of aromatic amines is 1. The van der Waals surface area contributed by atoms with Crippen LogP contribution in [0.5, 0.6) is 0 Å². The topological polar surface area (TPSA) is 62.0 Å². The highest BCUT2D eigenvalue weighted by Crippen LogP contribution is 2.22. The molecule has 0 aliphatic carbocycles. The number of amides is 1. The summed E-state index contributed by atoms with van der Waals surface area (Å²) in [5.74, 6) is -1.01. The van der Waals surface area contributed by atoms with Crippen LogP contribution >= 0.6 is 0 Å². The molecule has 134 valence electrons. The van der Waals surface area contributed by atoms with Crippen molar-refractivity contribution in [1.82, 2.24) is 10.3 Å². The fourth-order valence-electron chi connectivity index (χ4n) is 3.20. The Morgan fingerprint density at radius 1 is 1.00 bits per heavy atom. The van der Waals surface area contributed by atoms with E-state index in [0.717, 1.165) is 42.1 Å². The van der Waals surface area contributed by atoms with Gasteiger partial charge in [0.25, 0.3) is 11.7 Å². The minimum Gasteiger partial charge on any atom is -0.360 e. The van der Waals surface area contributed by atoms with E-state index >= 15 is 0 Å². The van der Waals surface area contributed by atoms with E-state index in [9.17, 15) is 9.59 Å². The Labute approximate surface area is 153 Å². The Bertz CT molecular complexity index is 897. The Hall–Kier alpha value is -2.88. The molecule has 2 N–H and O–H groups in total. The summed E-state index contributed by atoms with van der Waals surface area (Å²) in [6, 6.07) is 16.1. The number of fused-ring (bicyclic) bond motifs is 1. The van der Waals surface area contributed by atoms with E-state index in [2.05, 4.69) is 29.4 Å². The molecule has 0 unspecified atom stereocenters. The number of aromatic nitrogens is 1. The van der Waals surface area contributed by atoms with Crippen molar-refractivity contribution in [3.63, 3.8) is 0 Å². The molecule has 0 aliphatic heterocycles. The lowest BCUT2D eigenvalue weighted by Gasteiger charge is -2.05. The fraction of sp³-hybridized carbons (Fsp3) is 0.273. The van der Waals surface area contributed by atoms with Gasteiger partial charge in [-0.15, -0.1) is 0 Å². The summed E-state index contributed by atoms with van der Waals surface area (Å²) in [7, 11) is 0. The second-order valence-electron chi connectivity index (χ2n) is 6.42. The van der Waals surface area contributed by atoms with Crippen molar-refractivity contribution >= 4 is 22.6 Å². The number of hydrogen-bond acceptors (Lipinski definition) is 2. The van der Waals surface area contributed by atoms with E-state index < -0.39 is 11.7 Å². The highest BCUT2D eigenvalue weighted by atomic mass is 16.2. The van der Waals surface area contributed by atoms with Crippen LogP contribution in [0.1, 0.15) is 41.3 Å². The molecule has 0 fully saturated rings. The van der Waals surface area contributed by atoms with Crippen LogP contribution in [0, 0.1) is 0 Å². The van der Waals surface area contributed by atoms with Crippen LogP contribution in [0.3, 0.4) is 0 Å². The van der Waals surface area contributed by atoms with Gasteiger partial charge >= 0.3 is 0 Å². The smallest absolute Gasteiger partial charge is 0.292 e. The number of hydrogen-bond donors (Lipinski definition) is 2. The quantitative estimate of drug-likeness (QED) is 0.366. The van der Waals surface area contributed by atoms with Crippen LogP contribution in [-0.4, -0.2) is 23.2 Å². The van der Waals surface area contributed by atoms with E-state index in [1.165, 1.54) is 5.56 Å². The average molecular weight is 348 g/mol. The molecule has 2 aromatic carbocycles. The molecular weight excluding hydrogens is 324 g/mol. The lowest BCUT2D eigenvalue weighted by atomic mass is 10.0. The highest BCUT2D eigenvalue weighted by molar-refractivity contribution is 6.45. The van der Waals surface area contributed by atoms with Crippen LogP contribution in [0.15, 0.2) is 54.7 Å². The molecule has 26 heavy (non-hydrogen) atoms. The molecule has 3 aromatic rings. The predicted octanol–water partition coefficient (Wildman–Crippen LogP) is 4.05. The van der Waals surface area contributed by atoms with Crippen LogP contribution in [0.4, 0.5) is 0 Å². The van der Waals surface area contributed by atoms with Crippen LogP contribution in [0.2, 0.25) is 0 Å². The van der Waals surface area contributed by atoms with Gasteiger partial charge in [0.2, 0.25) is 0 Å². The third kappa shape index (κ3) is 4.02. The SMILES string of the molecule is CCc1cccc2c(C(=O)C(=O)NCCCCc3ccccc3)c[nH]c12. The minimum absolute atomic E-state index is 0.442. The van der Waals surface area contributed by atoms with Gasteiger partial charge < -0.3 is 10.3 Å². The lowest BCUT2D eigenvalue weighted by Crippen LogP contribution is -2.31. The van der Waals surface area contributed by atoms with E-state index in [-0.39, 0.29) is 0 Å². The highest BCUT2D eigenvalue weighted by Gasteiger charge is 2.20. The molecule has 1 aromatic heterocycles. The standard InChI is InChI=1S/C22H24N2O2/c1-2-17-12-8-13-18-19(15-24-20(17)18)21(25)22(26)23-14-7-6-11-16-9-4-3-5-10-16/h3-5,8-10,12-13,15,24H,2,6-7,11,14H2,1H3,(H,23,26). The molecule has 0 saturated heterocycles. The number of benzene rings is 2. The van der Waals surface area contributed by atoms with Crippen molar-refractivity contribution in [2.24, 2.45) is 0 Å². The maximum absolute atomic E-state index is 12.5. The Balaban J connectivity index is 1.53. The summed E-state index contributed by atoms with van der Waals surface area (Å²) < 4.78 is 0. The van der Waals surface area contributed by atoms with E-state index in [1.807, 2.05) is 36.4 Å². The number of Topliss-reactive ketones (excluding diaryl/α,β-unsaturated/α-hetero) is 1. The zero-order chi connectivity index (χ0) is 18.4. The molecule has 0 bridgehead atoms. The monoisotopic (exact) mass is 348 g/mol. The second kappa shape index (κ2) is 8.48. The van der Waals surface area contributed by atoms with Gasteiger partial charge in [0.05, 0.1) is 5.56 Å². The molecule has 0 spiro atoms. The van der Waals surface area contributed by atoms with Crippen LogP contribution < -0.4 is 5.32 Å². The summed E-state index contributed by atoms with van der Waals surface area (Å²) in [6.45, 7) is 2.58. The maximum Gasteiger partial charge on any atom is 0.292 e. The minimum atomic E-state index is -0.535. The van der Waals surface area contributed by atoms with Gasteiger partial charge in [-0.1, -0.05) is 55.5 Å². The maximum atomic E-state index is 12.5. The molecule has 1 heterocycles. The zero-order valence-corrected chi connectivity index (χ0v) is 15.0. The first-order valence-electron chi connectivity index (χ1n) is 9.16. The molecule has 0 saturated carbocycles. The van der Waals surface area contributed by atoms with Crippen molar-refractivity contribution in [2.45, 2.75) is 32.6 Å². The summed E-state index contributed by atoms with van der Waals surface area (Å²) in [5, 5.41) is 3.56. The molecular formula is C22H24N2O2. The van der Waals surface area contributed by atoms with Crippen molar-refractivity contribution in [3.05, 3.63) is 71.4 Å². The number of carbonyl (C=O) groups excluding carboxylic acids is 2. The molecule has 0 radical (unpaired) electrons. The Morgan fingerprint density at radius 2 is 1.81 bits per heavy atom. The molecule has 4 nitrogen and oxygen atoms in total. The number of aryl methyl sites for hydroxylation is 2. The zero-order valence-electron chi connectivity index (χ0n) is 15.0. The van der Waals surface area contributed by atoms with Gasteiger partial charge in [-0.2, -0.15) is 0 Å². The number of nitrogens with one attached hydrogen (secondary N) is 2. The van der Waals surface area contributed by atoms with Gasteiger partial charge in [-0.05, 0) is 36.8 Å². The van der Waals surface area contributed by atoms with Gasteiger partial charge in [-0.25, -0.2) is 0 Å². The summed E-state index contributed by atoms with van der Waals surface area (Å²) in [5.41, 5.74) is 3.81. The number of para-hydroxylation sites is 1. The van der Waals surface area contributed by atoms with Gasteiger partial charge in [0.1, 0.15) is 0 Å². The van der Waals surface area contributed by atoms with Crippen molar-refractivity contribution in [2.75, 3.05) is 6.54 Å². The number of rotatable bonds is 8. The number of ketones is 1. The second-order valence-corrected chi connectivity index (χ2v) is 6.42. The molecule has 0 atom stereocenters. The Kier molecular flexibility index (Phi) is 5.84. The average Bonchev–Trinajstić information content (AvgIpc) is 3.12. The first-order chi connectivity index (χ1) is 12.7. The number of H-pyrrole nitrogens is 1. The van der Waals surface area contributed by atoms with Crippen molar-refractivity contribution in [1.29, 1.82) is 0 Å². The summed E-state index contributed by atoms with van der Waals surface area (Å²) in [6.07, 6.45) is 5.32. The van der Waals surface area contributed by atoms with Gasteiger partial charge in [-0.3, -0.25) is 9.59 Å². The van der Waals surface area contributed by atoms with E-state index in [4.69, 9.17) is 0 Å². The van der Waals surface area contributed by atoms with Crippen molar-refractivity contribution in [3.8, 4) is 0 Å². The van der Waals surface area contributed by atoms with Gasteiger partial charge in [0.15, 0.2) is 0 Å². The third-order valence-electron chi connectivity index (χ3n) is 4.65. The van der Waals surface area contributed by atoms with E-state index in [1.54, 1.807) is 6.20 Å². The third-order valence-corrected chi connectivity index (χ3v) is 4.65. The lowest BCUT2D eigenvalue weighted by molar-refractivity contribution is -0.117. The summed E-state index contributed by atoms with van der Waals surface area (Å²) >= 11 is 0. The Morgan fingerprint density at radius 3 is 2.58 bits per heavy atom. The molecule has 1 amide bonds. The number of carbonyl (C=O) groups is 2. The molecule has 0 aliphatic rings. The number of unbranched alkanes of at least 4 members (excludes halogenated alkanes) is 1. The van der Waals surface area contributed by atoms with Crippen molar-refractivity contribution < 1.29 is 9.59 Å². The van der Waals surface area contributed by atoms with Crippen LogP contribution in [-0.2, 0) is 17.6 Å². The van der Waals surface area contributed by atoms with Gasteiger partial charge in [0, 0.05) is 23.6 Å². The largest absolute Gasteiger partial charge is 0.360 e. The predicted molar refractivity (Wildman–Crippen MR) is 104 cm³/mol. The molecule has 4 heteroatoms. The summed E-state index contributed by atoms with van der Waals surface area (Å²) in [4.78, 5) is 27.8.